The Morgan fingerprint density at radius 2 is 2.04 bits per heavy atom. The molecule has 130 valence electrons. The van der Waals surface area contributed by atoms with Gasteiger partial charge in [-0.3, -0.25) is 4.79 Å². The molecule has 0 radical (unpaired) electrons. The predicted octanol–water partition coefficient (Wildman–Crippen LogP) is 1.72. The maximum absolute atomic E-state index is 12.4. The molecule has 2 aromatic heterocycles. The zero-order valence-electron chi connectivity index (χ0n) is 14.5. The largest absolute Gasteiger partial charge is 0.359 e. The second-order valence-corrected chi connectivity index (χ2v) is 5.87. The number of tetrazole rings is 1. The number of likely N-dealkylation sites (N-methyl/N-ethyl adjacent to an activating group) is 1. The molecule has 0 saturated carbocycles. The van der Waals surface area contributed by atoms with E-state index in [1.54, 1.807) is 16.6 Å². The summed E-state index contributed by atoms with van der Waals surface area (Å²) in [6.45, 7) is 4.25. The number of aromatic nitrogens is 5. The lowest BCUT2D eigenvalue weighted by molar-refractivity contribution is -0.129. The van der Waals surface area contributed by atoms with Gasteiger partial charge >= 0.3 is 0 Å². The molecule has 3 aromatic rings. The fourth-order valence-electron chi connectivity index (χ4n) is 2.45. The smallest absolute Gasteiger partial charge is 0.227 e. The Labute approximate surface area is 145 Å². The van der Waals surface area contributed by atoms with Crippen LogP contribution in [0.4, 0.5) is 0 Å². The summed E-state index contributed by atoms with van der Waals surface area (Å²) in [6, 6.07) is 9.50. The van der Waals surface area contributed by atoms with Crippen LogP contribution in [0, 0.1) is 6.92 Å². The van der Waals surface area contributed by atoms with Crippen LogP contribution in [0.25, 0.3) is 5.69 Å². The molecular formula is C17H20N6O2. The van der Waals surface area contributed by atoms with E-state index in [1.165, 1.54) is 0 Å². The lowest BCUT2D eigenvalue weighted by Gasteiger charge is -2.15. The van der Waals surface area contributed by atoms with Crippen LogP contribution in [0.5, 0.6) is 0 Å². The number of carbonyl (C=O) groups excluding carboxylic acids is 1. The average Bonchev–Trinajstić information content (AvgIpc) is 3.24. The molecule has 2 heterocycles. The van der Waals surface area contributed by atoms with Crippen LogP contribution < -0.4 is 0 Å². The van der Waals surface area contributed by atoms with Gasteiger partial charge in [-0.05, 0) is 41.5 Å². The molecule has 0 aliphatic heterocycles. The molecule has 1 aromatic carbocycles. The maximum atomic E-state index is 12.4. The lowest BCUT2D eigenvalue weighted by Crippen LogP contribution is -2.27. The predicted molar refractivity (Wildman–Crippen MR) is 90.0 cm³/mol. The van der Waals surface area contributed by atoms with E-state index in [9.17, 15) is 4.79 Å². The van der Waals surface area contributed by atoms with E-state index in [0.29, 0.717) is 24.6 Å². The average molecular weight is 340 g/mol. The van der Waals surface area contributed by atoms with Crippen LogP contribution in [-0.4, -0.2) is 43.2 Å². The molecular weight excluding hydrogens is 320 g/mol. The number of amides is 1. The summed E-state index contributed by atoms with van der Waals surface area (Å²) in [7, 11) is 1.76. The summed E-state index contributed by atoms with van der Waals surface area (Å²) < 4.78 is 6.88. The van der Waals surface area contributed by atoms with E-state index >= 15 is 0 Å². The van der Waals surface area contributed by atoms with Crippen molar-refractivity contribution in [2.45, 2.75) is 33.2 Å². The van der Waals surface area contributed by atoms with Crippen LogP contribution in [0.15, 0.2) is 34.9 Å². The first kappa shape index (κ1) is 16.8. The number of nitrogens with zero attached hydrogens (tertiary/aromatic N) is 6. The first-order chi connectivity index (χ1) is 12.1. The van der Waals surface area contributed by atoms with Gasteiger partial charge < -0.3 is 9.42 Å². The van der Waals surface area contributed by atoms with Crippen molar-refractivity contribution in [2.75, 3.05) is 7.05 Å². The zero-order valence-corrected chi connectivity index (χ0v) is 14.5. The minimum atomic E-state index is 0.0146. The number of rotatable bonds is 6. The maximum Gasteiger partial charge on any atom is 0.227 e. The van der Waals surface area contributed by atoms with E-state index < -0.39 is 0 Å². The summed E-state index contributed by atoms with van der Waals surface area (Å²) in [6.07, 6.45) is 1.13. The molecule has 0 aliphatic carbocycles. The molecule has 0 unspecified atom stereocenters. The van der Waals surface area contributed by atoms with E-state index in [0.717, 1.165) is 23.4 Å². The molecule has 3 rings (SSSR count). The van der Waals surface area contributed by atoms with Gasteiger partial charge in [0.15, 0.2) is 11.6 Å². The SMILES string of the molecule is CCc1cc(CN(C)C(=O)Cc2ccc(-n3nnnc3C)cc2)on1. The van der Waals surface area contributed by atoms with Crippen molar-refractivity contribution in [1.29, 1.82) is 0 Å². The topological polar surface area (TPSA) is 89.9 Å². The van der Waals surface area contributed by atoms with Crippen molar-refractivity contribution in [2.24, 2.45) is 0 Å². The van der Waals surface area contributed by atoms with Gasteiger partial charge in [-0.1, -0.05) is 24.2 Å². The van der Waals surface area contributed by atoms with Gasteiger partial charge in [-0.25, -0.2) is 0 Å². The van der Waals surface area contributed by atoms with E-state index in [2.05, 4.69) is 20.7 Å². The molecule has 8 nitrogen and oxygen atoms in total. The molecule has 8 heteroatoms. The van der Waals surface area contributed by atoms with E-state index in [-0.39, 0.29) is 5.91 Å². The number of benzene rings is 1. The Bertz CT molecular complexity index is 852. The Balaban J connectivity index is 1.61. The Kier molecular flexibility index (Phi) is 4.87. The van der Waals surface area contributed by atoms with Gasteiger partial charge in [0.1, 0.15) is 0 Å². The molecule has 0 spiro atoms. The second kappa shape index (κ2) is 7.25. The van der Waals surface area contributed by atoms with Crippen molar-refractivity contribution in [3.05, 3.63) is 53.2 Å². The normalized spacial score (nSPS) is 10.8. The summed E-state index contributed by atoms with van der Waals surface area (Å²) in [5, 5.41) is 15.4. The third kappa shape index (κ3) is 3.90. The third-order valence-corrected chi connectivity index (χ3v) is 3.95. The monoisotopic (exact) mass is 340 g/mol. The van der Waals surface area contributed by atoms with Crippen LogP contribution in [0.3, 0.4) is 0 Å². The fraction of sp³-hybridized carbons (Fsp3) is 0.353. The van der Waals surface area contributed by atoms with E-state index in [4.69, 9.17) is 4.52 Å². The third-order valence-electron chi connectivity index (χ3n) is 3.95. The number of aryl methyl sites for hydroxylation is 2. The lowest BCUT2D eigenvalue weighted by atomic mass is 10.1. The first-order valence-electron chi connectivity index (χ1n) is 8.09. The molecule has 0 atom stereocenters. The molecule has 0 bridgehead atoms. The van der Waals surface area contributed by atoms with Gasteiger partial charge in [-0.2, -0.15) is 4.68 Å². The fourth-order valence-corrected chi connectivity index (χ4v) is 2.45. The van der Waals surface area contributed by atoms with E-state index in [1.807, 2.05) is 44.2 Å². The van der Waals surface area contributed by atoms with Gasteiger partial charge in [0, 0.05) is 13.1 Å². The van der Waals surface area contributed by atoms with Crippen molar-refractivity contribution < 1.29 is 9.32 Å². The molecule has 0 fully saturated rings. The van der Waals surface area contributed by atoms with Gasteiger partial charge in [0.05, 0.1) is 24.3 Å². The standard InChI is InChI=1S/C17H20N6O2/c1-4-14-10-16(25-19-14)11-22(3)17(24)9-13-5-7-15(8-6-13)23-12(2)18-20-21-23/h5-8,10H,4,9,11H2,1-3H3. The first-order valence-corrected chi connectivity index (χ1v) is 8.09. The van der Waals surface area contributed by atoms with Crippen molar-refractivity contribution in [1.82, 2.24) is 30.3 Å². The summed E-state index contributed by atoms with van der Waals surface area (Å²) in [5.74, 6) is 1.42. The summed E-state index contributed by atoms with van der Waals surface area (Å²) in [5.41, 5.74) is 2.68. The van der Waals surface area contributed by atoms with Crippen molar-refractivity contribution >= 4 is 5.91 Å². The highest BCUT2D eigenvalue weighted by Gasteiger charge is 2.13. The number of carbonyl (C=O) groups is 1. The molecule has 0 aliphatic rings. The molecule has 25 heavy (non-hydrogen) atoms. The Morgan fingerprint density at radius 1 is 1.28 bits per heavy atom. The summed E-state index contributed by atoms with van der Waals surface area (Å²) in [4.78, 5) is 14.0. The van der Waals surface area contributed by atoms with Crippen molar-refractivity contribution in [3.63, 3.8) is 0 Å². The molecule has 0 N–H and O–H groups in total. The zero-order chi connectivity index (χ0) is 17.8. The van der Waals surface area contributed by atoms with Crippen LogP contribution in [0.1, 0.15) is 29.8 Å². The van der Waals surface area contributed by atoms with Crippen LogP contribution in [0.2, 0.25) is 0 Å². The minimum Gasteiger partial charge on any atom is -0.359 e. The Hall–Kier alpha value is -3.03. The highest BCUT2D eigenvalue weighted by Crippen LogP contribution is 2.12. The van der Waals surface area contributed by atoms with Gasteiger partial charge in [0.2, 0.25) is 5.91 Å². The van der Waals surface area contributed by atoms with Crippen LogP contribution >= 0.6 is 0 Å². The van der Waals surface area contributed by atoms with Crippen molar-refractivity contribution in [3.8, 4) is 5.69 Å². The minimum absolute atomic E-state index is 0.0146. The highest BCUT2D eigenvalue weighted by molar-refractivity contribution is 5.78. The number of hydrogen-bond acceptors (Lipinski definition) is 6. The second-order valence-electron chi connectivity index (χ2n) is 5.87. The van der Waals surface area contributed by atoms with Gasteiger partial charge in [0.25, 0.3) is 0 Å². The number of hydrogen-bond donors (Lipinski definition) is 0. The summed E-state index contributed by atoms with van der Waals surface area (Å²) >= 11 is 0. The molecule has 1 amide bonds. The molecule has 0 saturated heterocycles. The van der Waals surface area contributed by atoms with Crippen LogP contribution in [-0.2, 0) is 24.2 Å². The highest BCUT2D eigenvalue weighted by atomic mass is 16.5. The quantitative estimate of drug-likeness (QED) is 0.679. The van der Waals surface area contributed by atoms with Gasteiger partial charge in [-0.15, -0.1) is 5.10 Å². The Morgan fingerprint density at radius 3 is 2.64 bits per heavy atom.